The van der Waals surface area contributed by atoms with Crippen LogP contribution in [0.25, 0.3) is 0 Å². The zero-order chi connectivity index (χ0) is 13.1. The average molecular weight is 305 g/mol. The molecule has 0 amide bonds. The highest BCUT2D eigenvalue weighted by atomic mass is 79.9. The highest BCUT2D eigenvalue weighted by molar-refractivity contribution is 9.10. The Bertz CT molecular complexity index is 619. The Morgan fingerprint density at radius 2 is 1.89 bits per heavy atom. The van der Waals surface area contributed by atoms with Gasteiger partial charge in [-0.05, 0) is 30.3 Å². The summed E-state index contributed by atoms with van der Waals surface area (Å²) in [6.45, 7) is 0. The first kappa shape index (κ1) is 12.6. The standard InChI is InChI=1S/C14H10BrFN2/c1-18(14-5-3-2-4-12(14)16)13-7-6-11(15)8-10(13)9-17/h2-8H,1H3. The van der Waals surface area contributed by atoms with E-state index in [1.165, 1.54) is 6.07 Å². The lowest BCUT2D eigenvalue weighted by atomic mass is 10.1. The van der Waals surface area contributed by atoms with E-state index in [-0.39, 0.29) is 5.82 Å². The summed E-state index contributed by atoms with van der Waals surface area (Å²) in [5.74, 6) is -0.313. The molecule has 0 bridgehead atoms. The third-order valence-electron chi connectivity index (χ3n) is 2.65. The molecule has 0 saturated heterocycles. The number of benzene rings is 2. The highest BCUT2D eigenvalue weighted by Gasteiger charge is 2.12. The Morgan fingerprint density at radius 1 is 1.17 bits per heavy atom. The summed E-state index contributed by atoms with van der Waals surface area (Å²) in [5.41, 5.74) is 1.61. The molecule has 2 aromatic rings. The Hall–Kier alpha value is -1.86. The molecule has 0 spiro atoms. The molecule has 0 radical (unpaired) electrons. The summed E-state index contributed by atoms with van der Waals surface area (Å²) in [5, 5.41) is 9.12. The first-order chi connectivity index (χ1) is 8.63. The maximum Gasteiger partial charge on any atom is 0.146 e. The van der Waals surface area contributed by atoms with Crippen LogP contribution in [0.2, 0.25) is 0 Å². The second-order valence-corrected chi connectivity index (χ2v) is 4.70. The van der Waals surface area contributed by atoms with Crippen molar-refractivity contribution < 1.29 is 4.39 Å². The molecule has 0 fully saturated rings. The van der Waals surface area contributed by atoms with Crippen molar-refractivity contribution in [1.29, 1.82) is 5.26 Å². The number of hydrogen-bond donors (Lipinski definition) is 0. The Balaban J connectivity index is 2.50. The first-order valence-electron chi connectivity index (χ1n) is 5.31. The van der Waals surface area contributed by atoms with Gasteiger partial charge in [-0.3, -0.25) is 0 Å². The second kappa shape index (κ2) is 5.19. The van der Waals surface area contributed by atoms with E-state index in [9.17, 15) is 4.39 Å². The van der Waals surface area contributed by atoms with E-state index in [2.05, 4.69) is 22.0 Å². The molecule has 2 aromatic carbocycles. The van der Waals surface area contributed by atoms with E-state index in [1.54, 1.807) is 42.3 Å². The van der Waals surface area contributed by atoms with Crippen molar-refractivity contribution in [2.24, 2.45) is 0 Å². The predicted molar refractivity (Wildman–Crippen MR) is 73.3 cm³/mol. The molecule has 18 heavy (non-hydrogen) atoms. The second-order valence-electron chi connectivity index (χ2n) is 3.78. The van der Waals surface area contributed by atoms with Gasteiger partial charge in [0, 0.05) is 11.5 Å². The van der Waals surface area contributed by atoms with Gasteiger partial charge in [0.1, 0.15) is 11.9 Å². The lowest BCUT2D eigenvalue weighted by Crippen LogP contribution is -2.12. The van der Waals surface area contributed by atoms with Crippen molar-refractivity contribution in [3.63, 3.8) is 0 Å². The van der Waals surface area contributed by atoms with E-state index in [1.807, 2.05) is 6.07 Å². The van der Waals surface area contributed by atoms with Gasteiger partial charge in [0.15, 0.2) is 0 Å². The number of rotatable bonds is 2. The Kier molecular flexibility index (Phi) is 3.63. The zero-order valence-corrected chi connectivity index (χ0v) is 11.3. The fourth-order valence-corrected chi connectivity index (χ4v) is 2.10. The number of halogens is 2. The topological polar surface area (TPSA) is 27.0 Å². The average Bonchev–Trinajstić information content (AvgIpc) is 2.38. The SMILES string of the molecule is CN(c1ccccc1F)c1ccc(Br)cc1C#N. The van der Waals surface area contributed by atoms with Gasteiger partial charge in [-0.1, -0.05) is 28.1 Å². The van der Waals surface area contributed by atoms with Gasteiger partial charge >= 0.3 is 0 Å². The quantitative estimate of drug-likeness (QED) is 0.830. The van der Waals surface area contributed by atoms with E-state index in [0.717, 1.165) is 4.47 Å². The molecule has 4 heteroatoms. The molecule has 0 heterocycles. The van der Waals surface area contributed by atoms with Crippen LogP contribution >= 0.6 is 15.9 Å². The molecule has 0 aliphatic rings. The molecule has 0 unspecified atom stereocenters. The molecule has 90 valence electrons. The number of hydrogen-bond acceptors (Lipinski definition) is 2. The molecule has 0 saturated carbocycles. The summed E-state index contributed by atoms with van der Waals surface area (Å²) in [7, 11) is 1.74. The lowest BCUT2D eigenvalue weighted by molar-refractivity contribution is 0.627. The van der Waals surface area contributed by atoms with Gasteiger partial charge in [0.25, 0.3) is 0 Å². The smallest absolute Gasteiger partial charge is 0.146 e. The van der Waals surface area contributed by atoms with Gasteiger partial charge in [-0.25, -0.2) is 4.39 Å². The van der Waals surface area contributed by atoms with Crippen molar-refractivity contribution in [2.75, 3.05) is 11.9 Å². The molecule has 0 aliphatic heterocycles. The zero-order valence-electron chi connectivity index (χ0n) is 9.69. The molecule has 2 rings (SSSR count). The molecule has 0 atom stereocenters. The minimum absolute atomic E-state index is 0.313. The predicted octanol–water partition coefficient (Wildman–Crippen LogP) is 4.23. The monoisotopic (exact) mass is 304 g/mol. The number of nitriles is 1. The van der Waals surface area contributed by atoms with Gasteiger partial charge in [0.2, 0.25) is 0 Å². The number of anilines is 2. The van der Waals surface area contributed by atoms with Crippen molar-refractivity contribution in [2.45, 2.75) is 0 Å². The summed E-state index contributed by atoms with van der Waals surface area (Å²) >= 11 is 3.31. The number of para-hydroxylation sites is 1. The van der Waals surface area contributed by atoms with E-state index < -0.39 is 0 Å². The maximum absolute atomic E-state index is 13.7. The summed E-state index contributed by atoms with van der Waals surface area (Å²) in [4.78, 5) is 1.67. The van der Waals surface area contributed by atoms with Crippen LogP contribution in [0.1, 0.15) is 5.56 Å². The minimum atomic E-state index is -0.313. The van der Waals surface area contributed by atoms with Crippen LogP contribution in [-0.4, -0.2) is 7.05 Å². The van der Waals surface area contributed by atoms with Gasteiger partial charge in [0.05, 0.1) is 16.9 Å². The van der Waals surface area contributed by atoms with Crippen LogP contribution in [0.3, 0.4) is 0 Å². The van der Waals surface area contributed by atoms with Crippen molar-refractivity contribution in [1.82, 2.24) is 0 Å². The summed E-state index contributed by atoms with van der Waals surface area (Å²) < 4.78 is 14.5. The fraction of sp³-hybridized carbons (Fsp3) is 0.0714. The lowest BCUT2D eigenvalue weighted by Gasteiger charge is -2.21. The summed E-state index contributed by atoms with van der Waals surface area (Å²) in [6.07, 6.45) is 0. The van der Waals surface area contributed by atoms with Crippen LogP contribution in [0.5, 0.6) is 0 Å². The van der Waals surface area contributed by atoms with Crippen LogP contribution in [0, 0.1) is 17.1 Å². The third kappa shape index (κ3) is 2.36. The van der Waals surface area contributed by atoms with Crippen LogP contribution in [0.15, 0.2) is 46.9 Å². The largest absolute Gasteiger partial charge is 0.341 e. The molecule has 0 aromatic heterocycles. The molecule has 0 N–H and O–H groups in total. The van der Waals surface area contributed by atoms with Crippen molar-refractivity contribution >= 4 is 27.3 Å². The Labute approximate surface area is 113 Å². The van der Waals surface area contributed by atoms with E-state index >= 15 is 0 Å². The number of nitrogens with zero attached hydrogens (tertiary/aromatic N) is 2. The van der Waals surface area contributed by atoms with Crippen LogP contribution in [0.4, 0.5) is 15.8 Å². The van der Waals surface area contributed by atoms with E-state index in [0.29, 0.717) is 16.9 Å². The maximum atomic E-state index is 13.7. The molecular weight excluding hydrogens is 295 g/mol. The van der Waals surface area contributed by atoms with Crippen molar-refractivity contribution in [3.05, 3.63) is 58.3 Å². The van der Waals surface area contributed by atoms with Crippen LogP contribution < -0.4 is 4.90 Å². The Morgan fingerprint density at radius 3 is 2.56 bits per heavy atom. The molecular formula is C14H10BrFN2. The van der Waals surface area contributed by atoms with Crippen molar-refractivity contribution in [3.8, 4) is 6.07 Å². The molecule has 2 nitrogen and oxygen atoms in total. The minimum Gasteiger partial charge on any atom is -0.341 e. The first-order valence-corrected chi connectivity index (χ1v) is 6.10. The normalized spacial score (nSPS) is 9.89. The third-order valence-corrected chi connectivity index (χ3v) is 3.15. The van der Waals surface area contributed by atoms with Gasteiger partial charge in [-0.15, -0.1) is 0 Å². The van der Waals surface area contributed by atoms with Gasteiger partial charge in [-0.2, -0.15) is 5.26 Å². The van der Waals surface area contributed by atoms with E-state index in [4.69, 9.17) is 5.26 Å². The highest BCUT2D eigenvalue weighted by Crippen LogP contribution is 2.30. The fourth-order valence-electron chi connectivity index (χ4n) is 1.74. The van der Waals surface area contributed by atoms with Gasteiger partial charge < -0.3 is 4.90 Å². The summed E-state index contributed by atoms with van der Waals surface area (Å²) in [6, 6.07) is 13.9. The molecule has 0 aliphatic carbocycles. The van der Waals surface area contributed by atoms with Crippen LogP contribution in [-0.2, 0) is 0 Å².